The minimum atomic E-state index is -0.342. The van der Waals surface area contributed by atoms with Gasteiger partial charge in [0.15, 0.2) is 0 Å². The molecule has 0 amide bonds. The van der Waals surface area contributed by atoms with Gasteiger partial charge in [-0.15, -0.1) is 23.1 Å². The van der Waals surface area contributed by atoms with E-state index >= 15 is 0 Å². The summed E-state index contributed by atoms with van der Waals surface area (Å²) in [5, 5.41) is 0.722. The van der Waals surface area contributed by atoms with Crippen molar-refractivity contribution in [3.8, 4) is 0 Å². The third kappa shape index (κ3) is 2.15. The van der Waals surface area contributed by atoms with E-state index in [9.17, 15) is 9.18 Å². The van der Waals surface area contributed by atoms with Gasteiger partial charge in [0, 0.05) is 5.56 Å². The number of benzene rings is 1. The fourth-order valence-corrected chi connectivity index (χ4v) is 2.80. The standard InChI is InChI=1S/C11H8FNOS2/c1-15-11-10(16-6-13-11)9(14)7-2-4-8(12)5-3-7/h2-6H,1H3. The van der Waals surface area contributed by atoms with Gasteiger partial charge < -0.3 is 0 Å². The zero-order valence-corrected chi connectivity index (χ0v) is 10.1. The summed E-state index contributed by atoms with van der Waals surface area (Å²) in [5.41, 5.74) is 2.13. The highest BCUT2D eigenvalue weighted by atomic mass is 32.2. The maximum atomic E-state index is 12.7. The largest absolute Gasteiger partial charge is 0.288 e. The van der Waals surface area contributed by atoms with Gasteiger partial charge in [0.25, 0.3) is 0 Å². The van der Waals surface area contributed by atoms with Crippen molar-refractivity contribution in [3.05, 3.63) is 46.0 Å². The lowest BCUT2D eigenvalue weighted by molar-refractivity contribution is 0.103. The van der Waals surface area contributed by atoms with Crippen molar-refractivity contribution in [2.75, 3.05) is 6.26 Å². The van der Waals surface area contributed by atoms with Crippen molar-refractivity contribution in [2.24, 2.45) is 0 Å². The molecule has 0 saturated heterocycles. The molecule has 2 nitrogen and oxygen atoms in total. The molecule has 0 bridgehead atoms. The average molecular weight is 253 g/mol. The van der Waals surface area contributed by atoms with E-state index in [1.165, 1.54) is 47.4 Å². The van der Waals surface area contributed by atoms with Crippen LogP contribution in [-0.2, 0) is 0 Å². The molecular weight excluding hydrogens is 245 g/mol. The van der Waals surface area contributed by atoms with Crippen molar-refractivity contribution in [2.45, 2.75) is 5.03 Å². The van der Waals surface area contributed by atoms with Crippen molar-refractivity contribution >= 4 is 28.9 Å². The molecule has 0 aliphatic heterocycles. The second kappa shape index (κ2) is 4.76. The van der Waals surface area contributed by atoms with E-state index in [1.807, 2.05) is 6.26 Å². The summed E-state index contributed by atoms with van der Waals surface area (Å²) >= 11 is 2.74. The normalized spacial score (nSPS) is 10.4. The number of thioether (sulfide) groups is 1. The maximum Gasteiger partial charge on any atom is 0.205 e. The Morgan fingerprint density at radius 1 is 1.38 bits per heavy atom. The second-order valence-electron chi connectivity index (χ2n) is 3.03. The summed E-state index contributed by atoms with van der Waals surface area (Å²) in [7, 11) is 0. The average Bonchev–Trinajstić information content (AvgIpc) is 2.77. The minimum absolute atomic E-state index is 0.105. The summed E-state index contributed by atoms with van der Waals surface area (Å²) in [5.74, 6) is -0.446. The highest BCUT2D eigenvalue weighted by Gasteiger charge is 2.15. The zero-order valence-electron chi connectivity index (χ0n) is 8.44. The summed E-state index contributed by atoms with van der Waals surface area (Å²) in [6.07, 6.45) is 1.87. The van der Waals surface area contributed by atoms with E-state index in [2.05, 4.69) is 4.98 Å². The molecular formula is C11H8FNOS2. The molecule has 0 radical (unpaired) electrons. The van der Waals surface area contributed by atoms with Gasteiger partial charge in [-0.3, -0.25) is 4.79 Å². The lowest BCUT2D eigenvalue weighted by Gasteiger charge is -1.99. The Morgan fingerprint density at radius 3 is 2.69 bits per heavy atom. The lowest BCUT2D eigenvalue weighted by atomic mass is 10.1. The summed E-state index contributed by atoms with van der Waals surface area (Å²) in [6.45, 7) is 0. The number of nitrogens with zero attached hydrogens (tertiary/aromatic N) is 1. The Morgan fingerprint density at radius 2 is 2.06 bits per heavy atom. The first-order valence-corrected chi connectivity index (χ1v) is 6.60. The molecule has 2 rings (SSSR count). The van der Waals surface area contributed by atoms with Crippen molar-refractivity contribution in [3.63, 3.8) is 0 Å². The number of hydrogen-bond acceptors (Lipinski definition) is 4. The number of ketones is 1. The van der Waals surface area contributed by atoms with E-state index in [0.717, 1.165) is 5.03 Å². The van der Waals surface area contributed by atoms with E-state index in [-0.39, 0.29) is 11.6 Å². The molecule has 1 aromatic heterocycles. The Labute approximate surface area is 101 Å². The molecule has 0 aliphatic rings. The molecule has 1 heterocycles. The molecule has 0 unspecified atom stereocenters. The van der Waals surface area contributed by atoms with Crippen LogP contribution in [0.3, 0.4) is 0 Å². The minimum Gasteiger partial charge on any atom is -0.288 e. The van der Waals surface area contributed by atoms with Gasteiger partial charge in [0.05, 0.1) is 5.51 Å². The molecule has 1 aromatic carbocycles. The van der Waals surface area contributed by atoms with Gasteiger partial charge >= 0.3 is 0 Å². The smallest absolute Gasteiger partial charge is 0.205 e. The highest BCUT2D eigenvalue weighted by molar-refractivity contribution is 7.98. The van der Waals surface area contributed by atoms with Crippen molar-refractivity contribution in [1.82, 2.24) is 4.98 Å². The molecule has 82 valence electrons. The number of carbonyl (C=O) groups is 1. The fourth-order valence-electron chi connectivity index (χ4n) is 1.26. The second-order valence-corrected chi connectivity index (χ2v) is 4.68. The molecule has 5 heteroatoms. The third-order valence-electron chi connectivity index (χ3n) is 2.04. The Bertz CT molecular complexity index is 507. The Hall–Kier alpha value is -1.20. The van der Waals surface area contributed by atoms with Crippen LogP contribution in [0.25, 0.3) is 0 Å². The predicted octanol–water partition coefficient (Wildman–Crippen LogP) is 3.24. The molecule has 0 N–H and O–H groups in total. The fraction of sp³-hybridized carbons (Fsp3) is 0.0909. The van der Waals surface area contributed by atoms with Crippen LogP contribution in [0.15, 0.2) is 34.8 Å². The number of hydrogen-bond donors (Lipinski definition) is 0. The third-order valence-corrected chi connectivity index (χ3v) is 3.69. The summed E-state index contributed by atoms with van der Waals surface area (Å²) in [4.78, 5) is 16.7. The van der Waals surface area contributed by atoms with Gasteiger partial charge in [-0.1, -0.05) is 0 Å². The number of rotatable bonds is 3. The monoisotopic (exact) mass is 253 g/mol. The van der Waals surface area contributed by atoms with Gasteiger partial charge in [-0.05, 0) is 30.5 Å². The molecule has 0 aliphatic carbocycles. The van der Waals surface area contributed by atoms with Gasteiger partial charge in [0.1, 0.15) is 15.7 Å². The number of carbonyl (C=O) groups excluding carboxylic acids is 1. The molecule has 16 heavy (non-hydrogen) atoms. The van der Waals surface area contributed by atoms with Crippen molar-refractivity contribution < 1.29 is 9.18 Å². The summed E-state index contributed by atoms with van der Waals surface area (Å²) in [6, 6.07) is 5.54. The maximum absolute atomic E-state index is 12.7. The van der Waals surface area contributed by atoms with Crippen LogP contribution in [0.2, 0.25) is 0 Å². The van der Waals surface area contributed by atoms with Gasteiger partial charge in [-0.25, -0.2) is 9.37 Å². The lowest BCUT2D eigenvalue weighted by Crippen LogP contribution is -2.00. The van der Waals surface area contributed by atoms with Gasteiger partial charge in [-0.2, -0.15) is 0 Å². The molecule has 0 fully saturated rings. The van der Waals surface area contributed by atoms with Crippen LogP contribution in [0.4, 0.5) is 4.39 Å². The van der Waals surface area contributed by atoms with Crippen LogP contribution < -0.4 is 0 Å². The van der Waals surface area contributed by atoms with Crippen LogP contribution in [0.5, 0.6) is 0 Å². The van der Waals surface area contributed by atoms with E-state index < -0.39 is 0 Å². The first kappa shape index (κ1) is 11.3. The van der Waals surface area contributed by atoms with Crippen LogP contribution in [0, 0.1) is 5.82 Å². The number of aromatic nitrogens is 1. The van der Waals surface area contributed by atoms with Crippen LogP contribution in [0.1, 0.15) is 15.2 Å². The molecule has 0 spiro atoms. The van der Waals surface area contributed by atoms with E-state index in [1.54, 1.807) is 5.51 Å². The number of thiazole rings is 1. The van der Waals surface area contributed by atoms with Gasteiger partial charge in [0.2, 0.25) is 5.78 Å². The Balaban J connectivity index is 2.35. The molecule has 0 saturated carbocycles. The first-order chi connectivity index (χ1) is 7.72. The number of halogens is 1. The van der Waals surface area contributed by atoms with Crippen molar-refractivity contribution in [1.29, 1.82) is 0 Å². The first-order valence-electron chi connectivity index (χ1n) is 4.50. The quantitative estimate of drug-likeness (QED) is 0.621. The zero-order chi connectivity index (χ0) is 11.5. The van der Waals surface area contributed by atoms with Crippen LogP contribution >= 0.6 is 23.1 Å². The predicted molar refractivity (Wildman–Crippen MR) is 63.7 cm³/mol. The van der Waals surface area contributed by atoms with E-state index in [0.29, 0.717) is 10.4 Å². The molecule has 2 aromatic rings. The SMILES string of the molecule is CSc1ncsc1C(=O)c1ccc(F)cc1. The van der Waals surface area contributed by atoms with E-state index in [4.69, 9.17) is 0 Å². The topological polar surface area (TPSA) is 30.0 Å². The summed E-state index contributed by atoms with van der Waals surface area (Å²) < 4.78 is 12.7. The van der Waals surface area contributed by atoms with Crippen LogP contribution in [-0.4, -0.2) is 17.0 Å². The Kier molecular flexibility index (Phi) is 3.36. The molecule has 0 atom stereocenters. The highest BCUT2D eigenvalue weighted by Crippen LogP contribution is 2.25.